The number of rotatable bonds is 10. The highest BCUT2D eigenvalue weighted by molar-refractivity contribution is 5.92. The number of nitrogens with one attached hydrogen (secondary N) is 1. The molecule has 1 aliphatic heterocycles. The lowest BCUT2D eigenvalue weighted by Gasteiger charge is -2.36. The summed E-state index contributed by atoms with van der Waals surface area (Å²) in [4.78, 5) is 17.1. The summed E-state index contributed by atoms with van der Waals surface area (Å²) in [5.74, 6) is 2.21. The second kappa shape index (κ2) is 11.5. The Bertz CT molecular complexity index is 850. The zero-order valence-electron chi connectivity index (χ0n) is 18.7. The first kappa shape index (κ1) is 22.7. The molecule has 1 amide bonds. The molecule has 168 valence electrons. The number of hydrogen-bond donors (Lipinski definition) is 1. The third-order valence-corrected chi connectivity index (χ3v) is 5.07. The Morgan fingerprint density at radius 2 is 1.48 bits per heavy atom. The van der Waals surface area contributed by atoms with Crippen molar-refractivity contribution in [2.45, 2.75) is 20.8 Å². The molecule has 0 spiro atoms. The lowest BCUT2D eigenvalue weighted by atomic mass is 10.2. The Balaban J connectivity index is 1.53. The molecule has 2 aromatic rings. The smallest absolute Gasteiger partial charge is 0.238 e. The van der Waals surface area contributed by atoms with Gasteiger partial charge in [-0.05, 0) is 45.0 Å². The molecule has 7 nitrogen and oxygen atoms in total. The Hall–Kier alpha value is -2.93. The van der Waals surface area contributed by atoms with Gasteiger partial charge in [0.05, 0.1) is 32.1 Å². The van der Waals surface area contributed by atoms with Crippen LogP contribution in [0.2, 0.25) is 0 Å². The molecule has 1 fully saturated rings. The summed E-state index contributed by atoms with van der Waals surface area (Å²) < 4.78 is 17.0. The number of nitrogens with zero attached hydrogens (tertiary/aromatic N) is 2. The second-order valence-corrected chi connectivity index (χ2v) is 7.24. The lowest BCUT2D eigenvalue weighted by molar-refractivity contribution is -0.117. The fraction of sp³-hybridized carbons (Fsp3) is 0.458. The fourth-order valence-electron chi connectivity index (χ4n) is 3.68. The van der Waals surface area contributed by atoms with Crippen molar-refractivity contribution in [3.05, 3.63) is 42.5 Å². The van der Waals surface area contributed by atoms with Gasteiger partial charge in [0.15, 0.2) is 11.5 Å². The van der Waals surface area contributed by atoms with Crippen LogP contribution in [-0.2, 0) is 4.79 Å². The Morgan fingerprint density at radius 1 is 0.839 bits per heavy atom. The second-order valence-electron chi connectivity index (χ2n) is 7.24. The van der Waals surface area contributed by atoms with Crippen molar-refractivity contribution in [2.24, 2.45) is 0 Å². The van der Waals surface area contributed by atoms with Gasteiger partial charge in [-0.25, -0.2) is 0 Å². The van der Waals surface area contributed by atoms with Gasteiger partial charge in [0, 0.05) is 37.9 Å². The molecular weight excluding hydrogens is 394 g/mol. The normalized spacial score (nSPS) is 14.2. The number of carbonyl (C=O) groups is 1. The number of amides is 1. The minimum Gasteiger partial charge on any atom is -0.492 e. The molecule has 31 heavy (non-hydrogen) atoms. The van der Waals surface area contributed by atoms with E-state index in [0.717, 1.165) is 37.6 Å². The molecular formula is C24H33N3O4. The van der Waals surface area contributed by atoms with E-state index in [1.807, 2.05) is 57.2 Å². The standard InChI is InChI=1S/C24H33N3O4/c1-4-29-21-10-8-7-9-20(21)27-15-13-26(14-16-27)18-24(28)25-19-11-12-22(30-5-2)23(17-19)31-6-3/h7-12,17H,4-6,13-16,18H2,1-3H3,(H,25,28). The summed E-state index contributed by atoms with van der Waals surface area (Å²) >= 11 is 0. The van der Waals surface area contributed by atoms with Crippen molar-refractivity contribution in [2.75, 3.05) is 62.8 Å². The average molecular weight is 428 g/mol. The molecule has 1 saturated heterocycles. The summed E-state index contributed by atoms with van der Waals surface area (Å²) in [5.41, 5.74) is 1.83. The monoisotopic (exact) mass is 427 g/mol. The van der Waals surface area contributed by atoms with Gasteiger partial charge in [0.25, 0.3) is 0 Å². The molecule has 7 heteroatoms. The van der Waals surface area contributed by atoms with E-state index in [9.17, 15) is 4.79 Å². The minimum absolute atomic E-state index is 0.0326. The SMILES string of the molecule is CCOc1ccc(NC(=O)CN2CCN(c3ccccc3OCC)CC2)cc1OCC. The van der Waals surface area contributed by atoms with Crippen molar-refractivity contribution >= 4 is 17.3 Å². The average Bonchev–Trinajstić information content (AvgIpc) is 2.77. The Labute approximate surface area is 184 Å². The van der Waals surface area contributed by atoms with Crippen LogP contribution in [0.4, 0.5) is 11.4 Å². The van der Waals surface area contributed by atoms with Crippen LogP contribution in [0.25, 0.3) is 0 Å². The van der Waals surface area contributed by atoms with Gasteiger partial charge in [-0.1, -0.05) is 12.1 Å². The van der Waals surface area contributed by atoms with Gasteiger partial charge in [0.2, 0.25) is 5.91 Å². The number of benzene rings is 2. The van der Waals surface area contributed by atoms with Gasteiger partial charge in [-0.3, -0.25) is 9.69 Å². The molecule has 0 unspecified atom stereocenters. The van der Waals surface area contributed by atoms with Gasteiger partial charge in [0.1, 0.15) is 5.75 Å². The van der Waals surface area contributed by atoms with Gasteiger partial charge in [-0.15, -0.1) is 0 Å². The van der Waals surface area contributed by atoms with Crippen molar-refractivity contribution in [3.8, 4) is 17.2 Å². The number of para-hydroxylation sites is 2. The number of anilines is 2. The van der Waals surface area contributed by atoms with Crippen molar-refractivity contribution < 1.29 is 19.0 Å². The molecule has 0 aromatic heterocycles. The Morgan fingerprint density at radius 3 is 2.19 bits per heavy atom. The number of piperazine rings is 1. The molecule has 1 N–H and O–H groups in total. The molecule has 3 rings (SSSR count). The predicted molar refractivity (Wildman–Crippen MR) is 124 cm³/mol. The molecule has 0 radical (unpaired) electrons. The minimum atomic E-state index is -0.0326. The highest BCUT2D eigenvalue weighted by Crippen LogP contribution is 2.31. The van der Waals surface area contributed by atoms with Gasteiger partial charge >= 0.3 is 0 Å². The molecule has 1 aliphatic rings. The van der Waals surface area contributed by atoms with Crippen LogP contribution >= 0.6 is 0 Å². The summed E-state index contributed by atoms with van der Waals surface area (Å²) in [5, 5.41) is 2.98. The van der Waals surface area contributed by atoms with E-state index in [1.54, 1.807) is 0 Å². The molecule has 0 aliphatic carbocycles. The van der Waals surface area contributed by atoms with E-state index in [-0.39, 0.29) is 5.91 Å². The molecule has 2 aromatic carbocycles. The van der Waals surface area contributed by atoms with E-state index < -0.39 is 0 Å². The van der Waals surface area contributed by atoms with E-state index in [4.69, 9.17) is 14.2 Å². The summed E-state index contributed by atoms with van der Waals surface area (Å²) in [6.45, 7) is 11.3. The summed E-state index contributed by atoms with van der Waals surface area (Å²) in [6.07, 6.45) is 0. The van der Waals surface area contributed by atoms with Crippen LogP contribution in [0.5, 0.6) is 17.2 Å². The maximum atomic E-state index is 12.6. The van der Waals surface area contributed by atoms with E-state index in [0.29, 0.717) is 43.6 Å². The highest BCUT2D eigenvalue weighted by Gasteiger charge is 2.21. The van der Waals surface area contributed by atoms with Crippen LogP contribution in [0, 0.1) is 0 Å². The van der Waals surface area contributed by atoms with E-state index in [1.165, 1.54) is 0 Å². The van der Waals surface area contributed by atoms with Crippen LogP contribution in [-0.4, -0.2) is 63.4 Å². The van der Waals surface area contributed by atoms with Crippen LogP contribution in [0.15, 0.2) is 42.5 Å². The maximum Gasteiger partial charge on any atom is 0.238 e. The van der Waals surface area contributed by atoms with Crippen LogP contribution in [0.1, 0.15) is 20.8 Å². The predicted octanol–water partition coefficient (Wildman–Crippen LogP) is 3.64. The molecule has 0 saturated carbocycles. The van der Waals surface area contributed by atoms with Crippen LogP contribution in [0.3, 0.4) is 0 Å². The van der Waals surface area contributed by atoms with Crippen molar-refractivity contribution in [1.29, 1.82) is 0 Å². The zero-order chi connectivity index (χ0) is 22.1. The number of carbonyl (C=O) groups excluding carboxylic acids is 1. The molecule has 0 atom stereocenters. The van der Waals surface area contributed by atoms with Gasteiger partial charge in [-0.2, -0.15) is 0 Å². The third kappa shape index (κ3) is 6.28. The number of ether oxygens (including phenoxy) is 3. The van der Waals surface area contributed by atoms with Gasteiger partial charge < -0.3 is 24.4 Å². The summed E-state index contributed by atoms with van der Waals surface area (Å²) in [7, 11) is 0. The maximum absolute atomic E-state index is 12.6. The van der Waals surface area contributed by atoms with Crippen LogP contribution < -0.4 is 24.4 Å². The highest BCUT2D eigenvalue weighted by atomic mass is 16.5. The quantitative estimate of drug-likeness (QED) is 0.625. The van der Waals surface area contributed by atoms with E-state index in [2.05, 4.69) is 21.2 Å². The zero-order valence-corrected chi connectivity index (χ0v) is 18.7. The first-order chi connectivity index (χ1) is 15.1. The van der Waals surface area contributed by atoms with Crippen molar-refractivity contribution in [3.63, 3.8) is 0 Å². The number of hydrogen-bond acceptors (Lipinski definition) is 6. The van der Waals surface area contributed by atoms with E-state index >= 15 is 0 Å². The first-order valence-corrected chi connectivity index (χ1v) is 11.0. The molecule has 1 heterocycles. The fourth-order valence-corrected chi connectivity index (χ4v) is 3.68. The lowest BCUT2D eigenvalue weighted by Crippen LogP contribution is -2.48. The largest absolute Gasteiger partial charge is 0.492 e. The summed E-state index contributed by atoms with van der Waals surface area (Å²) in [6, 6.07) is 13.6. The Kier molecular flexibility index (Phi) is 8.41. The topological polar surface area (TPSA) is 63.3 Å². The van der Waals surface area contributed by atoms with Crippen molar-refractivity contribution in [1.82, 2.24) is 4.90 Å². The molecule has 0 bridgehead atoms. The third-order valence-electron chi connectivity index (χ3n) is 5.07. The first-order valence-electron chi connectivity index (χ1n) is 11.0.